The molecule has 0 atom stereocenters. The molecule has 0 heterocycles. The lowest BCUT2D eigenvalue weighted by Crippen LogP contribution is -2.31. The molecule has 24 heavy (non-hydrogen) atoms. The van der Waals surface area contributed by atoms with Crippen LogP contribution in [0.15, 0.2) is 24.3 Å². The van der Waals surface area contributed by atoms with Gasteiger partial charge in [0, 0.05) is 24.5 Å². The van der Waals surface area contributed by atoms with Crippen LogP contribution in [0.25, 0.3) is 0 Å². The first-order chi connectivity index (χ1) is 11.1. The van der Waals surface area contributed by atoms with Crippen molar-refractivity contribution in [2.75, 3.05) is 29.4 Å². The second-order valence-corrected chi connectivity index (χ2v) is 10.00. The maximum Gasteiger partial charge on any atom is 0.229 e. The number of hydrogen-bond donors (Lipinski definition) is 3. The van der Waals surface area contributed by atoms with Crippen LogP contribution in [0.3, 0.4) is 0 Å². The molecule has 0 unspecified atom stereocenters. The Morgan fingerprint density at radius 1 is 0.875 bits per heavy atom. The molecule has 0 bridgehead atoms. The molecule has 0 spiro atoms. The van der Waals surface area contributed by atoms with Gasteiger partial charge in [0.1, 0.15) is 0 Å². The molecule has 3 N–H and O–H groups in total. The summed E-state index contributed by atoms with van der Waals surface area (Å²) in [5.74, 6) is 0. The first-order valence-corrected chi connectivity index (χ1v) is 11.3. The predicted molar refractivity (Wildman–Crippen MR) is 99.3 cm³/mol. The van der Waals surface area contributed by atoms with Gasteiger partial charge in [0.2, 0.25) is 20.0 Å². The van der Waals surface area contributed by atoms with Gasteiger partial charge in [0.05, 0.1) is 11.5 Å². The van der Waals surface area contributed by atoms with E-state index < -0.39 is 25.3 Å². The van der Waals surface area contributed by atoms with Crippen LogP contribution in [0.5, 0.6) is 0 Å². The topological polar surface area (TPSA) is 104 Å². The fourth-order valence-corrected chi connectivity index (χ4v) is 3.24. The van der Waals surface area contributed by atoms with Gasteiger partial charge in [0.15, 0.2) is 0 Å². The van der Waals surface area contributed by atoms with Crippen molar-refractivity contribution in [3.63, 3.8) is 0 Å². The minimum atomic E-state index is -3.26. The number of benzene rings is 1. The molecule has 138 valence electrons. The van der Waals surface area contributed by atoms with Crippen molar-refractivity contribution >= 4 is 31.4 Å². The Hall–Kier alpha value is -1.32. The molecule has 0 amide bonds. The zero-order valence-electron chi connectivity index (χ0n) is 14.4. The third kappa shape index (κ3) is 8.51. The maximum absolute atomic E-state index is 11.6. The van der Waals surface area contributed by atoms with Crippen molar-refractivity contribution in [2.45, 2.75) is 38.4 Å². The first-order valence-electron chi connectivity index (χ1n) is 7.90. The molecule has 7 nitrogen and oxygen atoms in total. The molecule has 0 aromatic heterocycles. The van der Waals surface area contributed by atoms with Crippen LogP contribution in [-0.4, -0.2) is 41.4 Å². The zero-order valence-corrected chi connectivity index (χ0v) is 16.0. The fraction of sp³-hybridized carbons (Fsp3) is 0.600. The van der Waals surface area contributed by atoms with Gasteiger partial charge in [-0.15, -0.1) is 0 Å². The normalized spacial score (nSPS) is 12.3. The lowest BCUT2D eigenvalue weighted by molar-refractivity contribution is 0.566. The van der Waals surface area contributed by atoms with Crippen LogP contribution >= 0.6 is 0 Å². The van der Waals surface area contributed by atoms with E-state index in [4.69, 9.17) is 0 Å². The quantitative estimate of drug-likeness (QED) is 0.512. The van der Waals surface area contributed by atoms with Crippen LogP contribution in [0, 0.1) is 0 Å². The monoisotopic (exact) mass is 377 g/mol. The predicted octanol–water partition coefficient (Wildman–Crippen LogP) is 1.97. The Morgan fingerprint density at radius 2 is 1.42 bits per heavy atom. The Kier molecular flexibility index (Phi) is 7.98. The highest BCUT2D eigenvalue weighted by Crippen LogP contribution is 2.14. The molecule has 0 fully saturated rings. The highest BCUT2D eigenvalue weighted by molar-refractivity contribution is 7.92. The fourth-order valence-electron chi connectivity index (χ4n) is 1.91. The minimum Gasteiger partial charge on any atom is -0.385 e. The molecule has 0 aliphatic heterocycles. The van der Waals surface area contributed by atoms with E-state index in [2.05, 4.69) is 14.8 Å². The van der Waals surface area contributed by atoms with Gasteiger partial charge in [-0.2, -0.15) is 0 Å². The van der Waals surface area contributed by atoms with E-state index in [0.717, 1.165) is 37.8 Å². The van der Waals surface area contributed by atoms with E-state index in [1.807, 2.05) is 12.1 Å². The van der Waals surface area contributed by atoms with E-state index in [0.29, 0.717) is 12.2 Å². The smallest absolute Gasteiger partial charge is 0.229 e. The highest BCUT2D eigenvalue weighted by Gasteiger charge is 2.13. The van der Waals surface area contributed by atoms with Crippen molar-refractivity contribution in [3.8, 4) is 0 Å². The summed E-state index contributed by atoms with van der Waals surface area (Å²) in [6, 6.07) is 7.02. The SMILES string of the molecule is CC(C)S(=O)(=O)NCCCCCNc1ccc(NS(C)(=O)=O)cc1. The Balaban J connectivity index is 2.20. The Morgan fingerprint density at radius 3 is 1.96 bits per heavy atom. The number of hydrogen-bond acceptors (Lipinski definition) is 5. The molecule has 0 saturated heterocycles. The number of rotatable bonds is 11. The van der Waals surface area contributed by atoms with Crippen LogP contribution in [-0.2, 0) is 20.0 Å². The highest BCUT2D eigenvalue weighted by atomic mass is 32.2. The summed E-state index contributed by atoms with van der Waals surface area (Å²) in [6.45, 7) is 4.55. The lowest BCUT2D eigenvalue weighted by Gasteiger charge is -2.10. The van der Waals surface area contributed by atoms with Gasteiger partial charge in [0.25, 0.3) is 0 Å². The van der Waals surface area contributed by atoms with E-state index >= 15 is 0 Å². The molecule has 1 aromatic rings. The molecular weight excluding hydrogens is 350 g/mol. The number of unbranched alkanes of at least 4 members (excludes halogenated alkanes) is 2. The van der Waals surface area contributed by atoms with Crippen molar-refractivity contribution < 1.29 is 16.8 Å². The third-order valence-electron chi connectivity index (χ3n) is 3.29. The third-order valence-corrected chi connectivity index (χ3v) is 5.75. The summed E-state index contributed by atoms with van der Waals surface area (Å²) < 4.78 is 50.3. The molecule has 0 saturated carbocycles. The van der Waals surface area contributed by atoms with E-state index in [9.17, 15) is 16.8 Å². The summed E-state index contributed by atoms with van der Waals surface area (Å²) in [5, 5.41) is 2.84. The van der Waals surface area contributed by atoms with E-state index in [1.54, 1.807) is 26.0 Å². The van der Waals surface area contributed by atoms with Gasteiger partial charge >= 0.3 is 0 Å². The van der Waals surface area contributed by atoms with Crippen LogP contribution < -0.4 is 14.8 Å². The Labute approximate surface area is 145 Å². The maximum atomic E-state index is 11.6. The van der Waals surface area contributed by atoms with Crippen molar-refractivity contribution in [1.29, 1.82) is 0 Å². The lowest BCUT2D eigenvalue weighted by atomic mass is 10.2. The minimum absolute atomic E-state index is 0.403. The molecule has 1 rings (SSSR count). The molecule has 0 aliphatic carbocycles. The second-order valence-electron chi connectivity index (χ2n) is 5.93. The summed E-state index contributed by atoms with van der Waals surface area (Å²) in [4.78, 5) is 0. The van der Waals surface area contributed by atoms with Gasteiger partial charge in [-0.3, -0.25) is 4.72 Å². The van der Waals surface area contributed by atoms with Crippen LogP contribution in [0.1, 0.15) is 33.1 Å². The van der Waals surface area contributed by atoms with Crippen LogP contribution in [0.4, 0.5) is 11.4 Å². The second kappa shape index (κ2) is 9.24. The van der Waals surface area contributed by atoms with Gasteiger partial charge < -0.3 is 5.32 Å². The molecule has 0 aliphatic rings. The molecule has 1 aromatic carbocycles. The summed E-state index contributed by atoms with van der Waals surface area (Å²) in [6.07, 6.45) is 3.75. The Bertz CT molecular complexity index is 699. The van der Waals surface area contributed by atoms with Crippen molar-refractivity contribution in [2.24, 2.45) is 0 Å². The molecular formula is C15H27N3O4S2. The number of sulfonamides is 2. The summed E-state index contributed by atoms with van der Waals surface area (Å²) in [7, 11) is -6.42. The zero-order chi connectivity index (χ0) is 18.2. The standard InChI is InChI=1S/C15H27N3O4S2/c1-13(2)24(21,22)17-12-6-4-5-11-16-14-7-9-15(10-8-14)18-23(3,19)20/h7-10,13,16-18H,4-6,11-12H2,1-3H3. The molecule has 0 radical (unpaired) electrons. The molecule has 9 heteroatoms. The summed E-state index contributed by atoms with van der Waals surface area (Å²) >= 11 is 0. The number of anilines is 2. The largest absolute Gasteiger partial charge is 0.385 e. The average Bonchev–Trinajstić information content (AvgIpc) is 2.46. The summed E-state index contributed by atoms with van der Waals surface area (Å²) in [5.41, 5.74) is 1.44. The van der Waals surface area contributed by atoms with Crippen molar-refractivity contribution in [3.05, 3.63) is 24.3 Å². The first kappa shape index (κ1) is 20.7. The van der Waals surface area contributed by atoms with Crippen molar-refractivity contribution in [1.82, 2.24) is 4.72 Å². The van der Waals surface area contributed by atoms with E-state index in [1.165, 1.54) is 0 Å². The van der Waals surface area contributed by atoms with Gasteiger partial charge in [-0.1, -0.05) is 6.42 Å². The van der Waals surface area contributed by atoms with Gasteiger partial charge in [-0.25, -0.2) is 21.6 Å². The van der Waals surface area contributed by atoms with Crippen LogP contribution in [0.2, 0.25) is 0 Å². The van der Waals surface area contributed by atoms with Gasteiger partial charge in [-0.05, 0) is 51.0 Å². The number of nitrogens with one attached hydrogen (secondary N) is 3. The van der Waals surface area contributed by atoms with E-state index in [-0.39, 0.29) is 0 Å². The average molecular weight is 378 g/mol.